The van der Waals surface area contributed by atoms with Gasteiger partial charge in [0.25, 0.3) is 0 Å². The molecule has 1 aliphatic carbocycles. The number of allylic oxidation sites excluding steroid dienone is 5. The Bertz CT molecular complexity index is 298. The molecule has 0 bridgehead atoms. The zero-order valence-electron chi connectivity index (χ0n) is 10.5. The summed E-state index contributed by atoms with van der Waals surface area (Å²) >= 11 is 0. The van der Waals surface area contributed by atoms with Crippen molar-refractivity contribution in [1.82, 2.24) is 5.32 Å². The molecule has 0 saturated carbocycles. The molecule has 0 spiro atoms. The number of aliphatic hydroxyl groups is 1. The summed E-state index contributed by atoms with van der Waals surface area (Å²) in [5.74, 6) is 0. The first-order valence-corrected chi connectivity index (χ1v) is 5.96. The Morgan fingerprint density at radius 1 is 1.38 bits per heavy atom. The summed E-state index contributed by atoms with van der Waals surface area (Å²) < 4.78 is 0. The van der Waals surface area contributed by atoms with E-state index in [4.69, 9.17) is 5.11 Å². The van der Waals surface area contributed by atoms with Gasteiger partial charge in [-0.05, 0) is 25.5 Å². The maximum atomic E-state index is 9.10. The van der Waals surface area contributed by atoms with E-state index in [1.165, 1.54) is 5.57 Å². The fourth-order valence-electron chi connectivity index (χ4n) is 1.56. The van der Waals surface area contributed by atoms with E-state index in [2.05, 4.69) is 49.5 Å². The Hall–Kier alpha value is -0.860. The molecule has 1 unspecified atom stereocenters. The normalized spacial score (nSPS) is 20.4. The molecule has 0 saturated heterocycles. The molecule has 2 nitrogen and oxygen atoms in total. The van der Waals surface area contributed by atoms with Crippen LogP contribution in [0.5, 0.6) is 0 Å². The Morgan fingerprint density at radius 2 is 2.12 bits per heavy atom. The molecule has 0 amide bonds. The molecule has 2 N–H and O–H groups in total. The average Bonchev–Trinajstić information content (AvgIpc) is 2.34. The first-order valence-electron chi connectivity index (χ1n) is 5.96. The van der Waals surface area contributed by atoms with Gasteiger partial charge in [0.05, 0.1) is 6.10 Å². The molecule has 1 aliphatic rings. The number of hydrogen-bond donors (Lipinski definition) is 2. The summed E-state index contributed by atoms with van der Waals surface area (Å²) in [4.78, 5) is 0. The second-order valence-electron chi connectivity index (χ2n) is 5.06. The molecule has 0 fully saturated rings. The van der Waals surface area contributed by atoms with Gasteiger partial charge in [0.15, 0.2) is 0 Å². The van der Waals surface area contributed by atoms with Gasteiger partial charge in [0, 0.05) is 12.0 Å². The maximum absolute atomic E-state index is 9.10. The van der Waals surface area contributed by atoms with Crippen molar-refractivity contribution in [2.45, 2.75) is 33.3 Å². The summed E-state index contributed by atoms with van der Waals surface area (Å²) in [6, 6.07) is 0. The maximum Gasteiger partial charge on any atom is 0.0636 e. The van der Waals surface area contributed by atoms with Crippen LogP contribution in [0, 0.1) is 5.41 Å². The van der Waals surface area contributed by atoms with E-state index in [-0.39, 0.29) is 11.5 Å². The fourth-order valence-corrected chi connectivity index (χ4v) is 1.56. The second kappa shape index (κ2) is 6.02. The Labute approximate surface area is 98.8 Å². The van der Waals surface area contributed by atoms with Crippen LogP contribution in [0.1, 0.15) is 27.2 Å². The van der Waals surface area contributed by atoms with E-state index in [9.17, 15) is 0 Å². The van der Waals surface area contributed by atoms with Crippen molar-refractivity contribution >= 4 is 0 Å². The lowest BCUT2D eigenvalue weighted by Crippen LogP contribution is -2.25. The van der Waals surface area contributed by atoms with Gasteiger partial charge in [0.1, 0.15) is 0 Å². The Balaban J connectivity index is 2.34. The van der Waals surface area contributed by atoms with Crippen molar-refractivity contribution in [2.75, 3.05) is 13.1 Å². The quantitative estimate of drug-likeness (QED) is 0.699. The number of nitrogens with one attached hydrogen (secondary N) is 1. The third-order valence-corrected chi connectivity index (χ3v) is 2.59. The van der Waals surface area contributed by atoms with Gasteiger partial charge < -0.3 is 10.4 Å². The lowest BCUT2D eigenvalue weighted by molar-refractivity contribution is 0.191. The zero-order chi connectivity index (χ0) is 12.0. The van der Waals surface area contributed by atoms with Gasteiger partial charge in [-0.3, -0.25) is 0 Å². The van der Waals surface area contributed by atoms with E-state index in [1.54, 1.807) is 6.92 Å². The van der Waals surface area contributed by atoms with Crippen molar-refractivity contribution in [3.63, 3.8) is 0 Å². The Morgan fingerprint density at radius 3 is 2.81 bits per heavy atom. The van der Waals surface area contributed by atoms with Gasteiger partial charge in [-0.1, -0.05) is 44.2 Å². The van der Waals surface area contributed by atoms with E-state index in [0.717, 1.165) is 13.0 Å². The number of aliphatic hydroxyl groups excluding tert-OH is 1. The van der Waals surface area contributed by atoms with Crippen molar-refractivity contribution in [2.24, 2.45) is 5.41 Å². The summed E-state index contributed by atoms with van der Waals surface area (Å²) in [6.45, 7) is 7.77. The molecule has 90 valence electrons. The van der Waals surface area contributed by atoms with Crippen LogP contribution in [-0.4, -0.2) is 24.3 Å². The molecule has 16 heavy (non-hydrogen) atoms. The third-order valence-electron chi connectivity index (χ3n) is 2.59. The van der Waals surface area contributed by atoms with Crippen LogP contribution in [0.25, 0.3) is 0 Å². The second-order valence-corrected chi connectivity index (χ2v) is 5.06. The highest BCUT2D eigenvalue weighted by Crippen LogP contribution is 2.23. The number of rotatable bonds is 5. The van der Waals surface area contributed by atoms with Crippen molar-refractivity contribution < 1.29 is 5.11 Å². The van der Waals surface area contributed by atoms with Crippen LogP contribution >= 0.6 is 0 Å². The zero-order valence-corrected chi connectivity index (χ0v) is 10.5. The van der Waals surface area contributed by atoms with Gasteiger partial charge in [-0.25, -0.2) is 0 Å². The molecule has 0 aliphatic heterocycles. The highest BCUT2D eigenvalue weighted by molar-refractivity contribution is 5.30. The SMILES string of the molecule is CC(O)CNCCC1=CC=CC(C)(C)C=C1. The van der Waals surface area contributed by atoms with Gasteiger partial charge >= 0.3 is 0 Å². The average molecular weight is 221 g/mol. The van der Waals surface area contributed by atoms with Gasteiger partial charge in [-0.2, -0.15) is 0 Å². The predicted molar refractivity (Wildman–Crippen MR) is 69.3 cm³/mol. The molecule has 0 heterocycles. The Kier molecular flexibility index (Phi) is 4.97. The topological polar surface area (TPSA) is 32.3 Å². The molecule has 2 heteroatoms. The minimum Gasteiger partial charge on any atom is -0.392 e. The van der Waals surface area contributed by atoms with Crippen LogP contribution in [0.3, 0.4) is 0 Å². The molecule has 0 aromatic carbocycles. The van der Waals surface area contributed by atoms with Crippen LogP contribution in [0.2, 0.25) is 0 Å². The lowest BCUT2D eigenvalue weighted by atomic mass is 9.93. The molecule has 0 radical (unpaired) electrons. The van der Waals surface area contributed by atoms with Crippen LogP contribution < -0.4 is 5.32 Å². The lowest BCUT2D eigenvalue weighted by Gasteiger charge is -2.12. The van der Waals surface area contributed by atoms with Crippen LogP contribution in [0.15, 0.2) is 36.0 Å². The molecule has 1 atom stereocenters. The molecular formula is C14H23NO. The van der Waals surface area contributed by atoms with E-state index < -0.39 is 0 Å². The van der Waals surface area contributed by atoms with Crippen molar-refractivity contribution in [1.29, 1.82) is 0 Å². The smallest absolute Gasteiger partial charge is 0.0636 e. The van der Waals surface area contributed by atoms with E-state index >= 15 is 0 Å². The van der Waals surface area contributed by atoms with Crippen molar-refractivity contribution in [3.05, 3.63) is 36.0 Å². The third kappa shape index (κ3) is 5.29. The summed E-state index contributed by atoms with van der Waals surface area (Å²) in [5, 5.41) is 12.3. The van der Waals surface area contributed by atoms with Gasteiger partial charge in [-0.15, -0.1) is 0 Å². The summed E-state index contributed by atoms with van der Waals surface area (Å²) in [5.41, 5.74) is 1.49. The molecule has 1 rings (SSSR count). The monoisotopic (exact) mass is 221 g/mol. The highest BCUT2D eigenvalue weighted by Gasteiger charge is 2.10. The molecular weight excluding hydrogens is 198 g/mol. The first kappa shape index (κ1) is 13.2. The van der Waals surface area contributed by atoms with Gasteiger partial charge in [0.2, 0.25) is 0 Å². The summed E-state index contributed by atoms with van der Waals surface area (Å²) in [6.07, 6.45) is 11.7. The minimum atomic E-state index is -0.266. The predicted octanol–water partition coefficient (Wildman–Crippen LogP) is 2.43. The number of hydrogen-bond acceptors (Lipinski definition) is 2. The van der Waals surface area contributed by atoms with Crippen LogP contribution in [-0.2, 0) is 0 Å². The van der Waals surface area contributed by atoms with Crippen LogP contribution in [0.4, 0.5) is 0 Å². The van der Waals surface area contributed by atoms with Crippen molar-refractivity contribution in [3.8, 4) is 0 Å². The van der Waals surface area contributed by atoms with E-state index in [1.807, 2.05) is 0 Å². The minimum absolute atomic E-state index is 0.158. The van der Waals surface area contributed by atoms with E-state index in [0.29, 0.717) is 6.54 Å². The first-order chi connectivity index (χ1) is 7.49. The highest BCUT2D eigenvalue weighted by atomic mass is 16.3. The fraction of sp³-hybridized carbons (Fsp3) is 0.571. The standard InChI is InChI=1S/C14H23NO/c1-12(16)11-15-10-7-13-5-4-8-14(2,3)9-6-13/h4-6,8-9,12,15-16H,7,10-11H2,1-3H3. The largest absolute Gasteiger partial charge is 0.392 e. The summed E-state index contributed by atoms with van der Waals surface area (Å²) in [7, 11) is 0. The molecule has 0 aromatic heterocycles. The molecule has 0 aromatic rings.